The van der Waals surface area contributed by atoms with E-state index in [0.29, 0.717) is 18.7 Å². The number of aryl methyl sites for hydroxylation is 2. The van der Waals surface area contributed by atoms with Gasteiger partial charge < -0.3 is 15.0 Å². The van der Waals surface area contributed by atoms with E-state index in [4.69, 9.17) is 4.74 Å². The molecular formula is C32H31N5O4. The second-order valence-corrected chi connectivity index (χ2v) is 10.4. The number of hydrogen-bond acceptors (Lipinski definition) is 5. The van der Waals surface area contributed by atoms with Crippen molar-refractivity contribution in [3.8, 4) is 0 Å². The van der Waals surface area contributed by atoms with Crippen LogP contribution in [-0.4, -0.2) is 58.3 Å². The largest absolute Gasteiger partial charge is 0.447 e. The van der Waals surface area contributed by atoms with Gasteiger partial charge in [0.1, 0.15) is 13.2 Å². The summed E-state index contributed by atoms with van der Waals surface area (Å²) in [6.45, 7) is 0.790. The molecule has 41 heavy (non-hydrogen) atoms. The molecule has 4 aromatic rings. The molecule has 0 unspecified atom stereocenters. The number of anilines is 1. The molecule has 2 aliphatic rings. The van der Waals surface area contributed by atoms with Crippen LogP contribution in [0.15, 0.2) is 97.2 Å². The van der Waals surface area contributed by atoms with Crippen molar-refractivity contribution in [2.24, 2.45) is 0 Å². The van der Waals surface area contributed by atoms with Crippen molar-refractivity contribution in [1.82, 2.24) is 20.0 Å². The standard InChI is InChI=1S/C32H31N5O4/c38-29(21-37-28(22-41-32(37)40)25-14-8-3-9-15-25)36-19-26(18-24-12-6-2-7-13-24)33-31(39)30-27(36)20-35(34-30)17-16-23-10-4-1-5-11-23/h1-15,20,26,28H,16-19,21-22H2,(H,33,39)/t26-,28+/m1/s1. The van der Waals surface area contributed by atoms with Crippen molar-refractivity contribution >= 4 is 23.6 Å². The van der Waals surface area contributed by atoms with Crippen LogP contribution in [0.5, 0.6) is 0 Å². The van der Waals surface area contributed by atoms with Crippen LogP contribution in [0.4, 0.5) is 10.5 Å². The number of aromatic nitrogens is 2. The van der Waals surface area contributed by atoms with Crippen LogP contribution in [0.2, 0.25) is 0 Å². The Morgan fingerprint density at radius 1 is 0.902 bits per heavy atom. The van der Waals surface area contributed by atoms with E-state index in [2.05, 4.69) is 10.4 Å². The number of ether oxygens (including phenoxy) is 1. The molecule has 1 saturated heterocycles. The first-order chi connectivity index (χ1) is 20.0. The lowest BCUT2D eigenvalue weighted by Gasteiger charge is -2.28. The number of benzene rings is 3. The lowest BCUT2D eigenvalue weighted by molar-refractivity contribution is -0.119. The minimum Gasteiger partial charge on any atom is -0.447 e. The van der Waals surface area contributed by atoms with E-state index in [0.717, 1.165) is 23.1 Å². The van der Waals surface area contributed by atoms with Gasteiger partial charge in [-0.15, -0.1) is 0 Å². The molecular weight excluding hydrogens is 518 g/mol. The smallest absolute Gasteiger partial charge is 0.410 e. The van der Waals surface area contributed by atoms with Crippen LogP contribution in [0.3, 0.4) is 0 Å². The fourth-order valence-corrected chi connectivity index (χ4v) is 5.45. The Kier molecular flexibility index (Phi) is 7.49. The van der Waals surface area contributed by atoms with E-state index in [1.54, 1.807) is 15.8 Å². The van der Waals surface area contributed by atoms with Gasteiger partial charge in [-0.1, -0.05) is 91.0 Å². The van der Waals surface area contributed by atoms with Crippen LogP contribution in [-0.2, 0) is 28.9 Å². The van der Waals surface area contributed by atoms with Gasteiger partial charge in [0.25, 0.3) is 5.91 Å². The molecule has 3 aromatic carbocycles. The predicted molar refractivity (Wildman–Crippen MR) is 153 cm³/mol. The summed E-state index contributed by atoms with van der Waals surface area (Å²) in [7, 11) is 0. The minimum atomic E-state index is -0.532. The molecule has 0 bridgehead atoms. The third-order valence-corrected chi connectivity index (χ3v) is 7.55. The molecule has 2 atom stereocenters. The fourth-order valence-electron chi connectivity index (χ4n) is 5.45. The summed E-state index contributed by atoms with van der Waals surface area (Å²) in [6.07, 6.45) is 2.51. The number of fused-ring (bicyclic) bond motifs is 1. The first kappa shape index (κ1) is 26.3. The van der Waals surface area contributed by atoms with Gasteiger partial charge in [-0.3, -0.25) is 19.2 Å². The number of nitrogens with zero attached hydrogens (tertiary/aromatic N) is 4. The van der Waals surface area contributed by atoms with Crippen molar-refractivity contribution in [3.63, 3.8) is 0 Å². The summed E-state index contributed by atoms with van der Waals surface area (Å²) >= 11 is 0. The van der Waals surface area contributed by atoms with E-state index >= 15 is 0 Å². The maximum Gasteiger partial charge on any atom is 0.410 e. The molecule has 3 heterocycles. The van der Waals surface area contributed by atoms with Crippen molar-refractivity contribution in [2.75, 3.05) is 24.6 Å². The van der Waals surface area contributed by atoms with E-state index < -0.39 is 6.09 Å². The first-order valence-corrected chi connectivity index (χ1v) is 13.8. The predicted octanol–water partition coefficient (Wildman–Crippen LogP) is 4.01. The Labute approximate surface area is 238 Å². The second kappa shape index (κ2) is 11.7. The van der Waals surface area contributed by atoms with E-state index in [9.17, 15) is 14.4 Å². The van der Waals surface area contributed by atoms with E-state index in [1.165, 1.54) is 4.90 Å². The van der Waals surface area contributed by atoms with Crippen LogP contribution < -0.4 is 10.2 Å². The van der Waals surface area contributed by atoms with Gasteiger partial charge in [0.05, 0.1) is 17.8 Å². The molecule has 6 rings (SSSR count). The molecule has 1 N–H and O–H groups in total. The SMILES string of the molecule is O=C1N[C@H](Cc2ccccc2)CN(C(=O)CN2C(=O)OC[C@H]2c2ccccc2)c2cn(CCc3ccccc3)nc21. The van der Waals surface area contributed by atoms with Gasteiger partial charge in [-0.2, -0.15) is 5.10 Å². The number of carbonyl (C=O) groups excluding carboxylic acids is 3. The Balaban J connectivity index is 1.28. The number of carbonyl (C=O) groups is 3. The lowest BCUT2D eigenvalue weighted by Crippen LogP contribution is -2.47. The molecule has 9 heteroatoms. The summed E-state index contributed by atoms with van der Waals surface area (Å²) in [5.74, 6) is -0.624. The van der Waals surface area contributed by atoms with Crippen LogP contribution in [0.25, 0.3) is 0 Å². The maximum absolute atomic E-state index is 14.0. The van der Waals surface area contributed by atoms with Crippen LogP contribution >= 0.6 is 0 Å². The molecule has 0 spiro atoms. The third-order valence-electron chi connectivity index (χ3n) is 7.55. The Hall–Kier alpha value is -4.92. The highest BCUT2D eigenvalue weighted by molar-refractivity contribution is 6.05. The lowest BCUT2D eigenvalue weighted by atomic mass is 10.1. The molecule has 9 nitrogen and oxygen atoms in total. The molecule has 3 amide bonds. The molecule has 208 valence electrons. The number of nitrogens with one attached hydrogen (secondary N) is 1. The summed E-state index contributed by atoms with van der Waals surface area (Å²) in [6, 6.07) is 28.7. The molecule has 0 aliphatic carbocycles. The quantitative estimate of drug-likeness (QED) is 0.358. The molecule has 0 radical (unpaired) electrons. The van der Waals surface area contributed by atoms with Gasteiger partial charge in [-0.25, -0.2) is 4.79 Å². The summed E-state index contributed by atoms with van der Waals surface area (Å²) < 4.78 is 7.06. The Morgan fingerprint density at radius 2 is 1.56 bits per heavy atom. The zero-order chi connectivity index (χ0) is 28.2. The normalized spacial score (nSPS) is 18.4. The highest BCUT2D eigenvalue weighted by Gasteiger charge is 2.39. The number of rotatable bonds is 8. The summed E-state index contributed by atoms with van der Waals surface area (Å²) in [5.41, 5.74) is 3.74. The Bertz CT molecular complexity index is 1520. The molecule has 2 aliphatic heterocycles. The summed E-state index contributed by atoms with van der Waals surface area (Å²) in [4.78, 5) is 43.2. The highest BCUT2D eigenvalue weighted by atomic mass is 16.6. The van der Waals surface area contributed by atoms with Gasteiger partial charge in [0.2, 0.25) is 5.91 Å². The average Bonchev–Trinajstić information content (AvgIpc) is 3.56. The van der Waals surface area contributed by atoms with E-state index in [-0.39, 0.29) is 49.3 Å². The van der Waals surface area contributed by atoms with Crippen molar-refractivity contribution < 1.29 is 19.1 Å². The number of cyclic esters (lactones) is 1. The van der Waals surface area contributed by atoms with Crippen LogP contribution in [0, 0.1) is 0 Å². The topological polar surface area (TPSA) is 96.8 Å². The molecule has 0 saturated carbocycles. The van der Waals surface area contributed by atoms with Crippen molar-refractivity contribution in [2.45, 2.75) is 31.5 Å². The monoisotopic (exact) mass is 549 g/mol. The molecule has 1 aromatic heterocycles. The summed E-state index contributed by atoms with van der Waals surface area (Å²) in [5, 5.41) is 7.67. The Morgan fingerprint density at radius 3 is 2.27 bits per heavy atom. The first-order valence-electron chi connectivity index (χ1n) is 13.8. The van der Waals surface area contributed by atoms with Gasteiger partial charge in [0, 0.05) is 19.3 Å². The maximum atomic E-state index is 14.0. The van der Waals surface area contributed by atoms with Gasteiger partial charge >= 0.3 is 6.09 Å². The van der Waals surface area contributed by atoms with Gasteiger partial charge in [0.15, 0.2) is 5.69 Å². The highest BCUT2D eigenvalue weighted by Crippen LogP contribution is 2.29. The third kappa shape index (κ3) is 5.84. The zero-order valence-electron chi connectivity index (χ0n) is 22.6. The average molecular weight is 550 g/mol. The van der Waals surface area contributed by atoms with E-state index in [1.807, 2.05) is 91.0 Å². The van der Waals surface area contributed by atoms with Gasteiger partial charge in [-0.05, 0) is 29.5 Å². The number of hydrogen-bond donors (Lipinski definition) is 1. The minimum absolute atomic E-state index is 0.176. The zero-order valence-corrected chi connectivity index (χ0v) is 22.6. The fraction of sp³-hybridized carbons (Fsp3) is 0.250. The van der Waals surface area contributed by atoms with Crippen molar-refractivity contribution in [1.29, 1.82) is 0 Å². The van der Waals surface area contributed by atoms with Crippen molar-refractivity contribution in [3.05, 3.63) is 120 Å². The molecule has 1 fully saturated rings. The van der Waals surface area contributed by atoms with Crippen LogP contribution in [0.1, 0.15) is 33.2 Å². The number of amides is 3. The second-order valence-electron chi connectivity index (χ2n) is 10.4.